The Hall–Kier alpha value is -2.02. The molecule has 0 saturated heterocycles. The van der Waals surface area contributed by atoms with E-state index in [1.807, 2.05) is 6.20 Å². The molecular weight excluding hydrogens is 252 g/mol. The third-order valence-corrected chi connectivity index (χ3v) is 3.47. The van der Waals surface area contributed by atoms with Gasteiger partial charge in [-0.3, -0.25) is 10.1 Å². The van der Waals surface area contributed by atoms with Crippen molar-refractivity contribution in [2.75, 3.05) is 5.32 Å². The highest BCUT2D eigenvalue weighted by molar-refractivity contribution is 7.11. The molecular formula is C11H12N4O2S. The summed E-state index contributed by atoms with van der Waals surface area (Å²) in [7, 11) is 0. The number of nitrogens with one attached hydrogen (secondary N) is 1. The van der Waals surface area contributed by atoms with Crippen molar-refractivity contribution in [1.29, 1.82) is 0 Å². The number of aromatic nitrogens is 2. The lowest BCUT2D eigenvalue weighted by atomic mass is 10.4. The van der Waals surface area contributed by atoms with Crippen molar-refractivity contribution < 1.29 is 4.92 Å². The van der Waals surface area contributed by atoms with E-state index in [9.17, 15) is 10.1 Å². The lowest BCUT2D eigenvalue weighted by Gasteiger charge is -2.01. The first-order chi connectivity index (χ1) is 8.69. The van der Waals surface area contributed by atoms with E-state index in [0.717, 1.165) is 11.4 Å². The van der Waals surface area contributed by atoms with Gasteiger partial charge in [0, 0.05) is 17.1 Å². The van der Waals surface area contributed by atoms with Gasteiger partial charge in [0.2, 0.25) is 0 Å². The van der Waals surface area contributed by atoms with E-state index in [4.69, 9.17) is 0 Å². The Morgan fingerprint density at radius 2 is 2.22 bits per heavy atom. The van der Waals surface area contributed by atoms with E-state index >= 15 is 0 Å². The van der Waals surface area contributed by atoms with Gasteiger partial charge in [0.15, 0.2) is 0 Å². The van der Waals surface area contributed by atoms with Crippen LogP contribution >= 0.6 is 11.3 Å². The molecule has 0 unspecified atom stereocenters. The van der Waals surface area contributed by atoms with Crippen LogP contribution in [0.5, 0.6) is 0 Å². The van der Waals surface area contributed by atoms with Crippen LogP contribution in [-0.4, -0.2) is 14.9 Å². The Labute approximate surface area is 108 Å². The average molecular weight is 264 g/mol. The van der Waals surface area contributed by atoms with E-state index < -0.39 is 4.92 Å². The van der Waals surface area contributed by atoms with Crippen LogP contribution in [0.15, 0.2) is 24.5 Å². The number of hydrogen-bond acceptors (Lipinski definition) is 6. The predicted octanol–water partition coefficient (Wildman–Crippen LogP) is 2.62. The molecule has 0 bridgehead atoms. The summed E-state index contributed by atoms with van der Waals surface area (Å²) in [5.74, 6) is 0.605. The Bertz CT molecular complexity index is 538. The molecule has 1 N–H and O–H groups in total. The molecule has 0 amide bonds. The molecule has 0 aliphatic carbocycles. The minimum absolute atomic E-state index is 0.0110. The molecule has 7 heteroatoms. The maximum Gasteiger partial charge on any atom is 0.287 e. The van der Waals surface area contributed by atoms with Crippen molar-refractivity contribution in [2.24, 2.45) is 0 Å². The smallest absolute Gasteiger partial charge is 0.287 e. The van der Waals surface area contributed by atoms with E-state index in [0.29, 0.717) is 12.4 Å². The van der Waals surface area contributed by atoms with Gasteiger partial charge in [0.05, 0.1) is 11.5 Å². The molecule has 0 aliphatic heterocycles. The summed E-state index contributed by atoms with van der Waals surface area (Å²) < 4.78 is 0. The third-order valence-electron chi connectivity index (χ3n) is 2.33. The van der Waals surface area contributed by atoms with Gasteiger partial charge in [-0.15, -0.1) is 11.3 Å². The van der Waals surface area contributed by atoms with Crippen molar-refractivity contribution >= 4 is 22.8 Å². The first kappa shape index (κ1) is 12.4. The fraction of sp³-hybridized carbons (Fsp3) is 0.273. The number of anilines is 1. The molecule has 94 valence electrons. The van der Waals surface area contributed by atoms with E-state index in [1.54, 1.807) is 17.4 Å². The average Bonchev–Trinajstić information content (AvgIpc) is 2.85. The minimum atomic E-state index is -0.467. The Morgan fingerprint density at radius 1 is 1.39 bits per heavy atom. The minimum Gasteiger partial charge on any atom is -0.364 e. The standard InChI is InChI=1S/C11H12N4O2S/c1-2-9-6-14-11(18-9)7-13-10-4-3-8(5-12-10)15(16)17/h3-6H,2,7H2,1H3,(H,12,13). The second-order valence-electron chi connectivity index (χ2n) is 3.59. The van der Waals surface area contributed by atoms with Crippen molar-refractivity contribution in [1.82, 2.24) is 9.97 Å². The number of nitro groups is 1. The van der Waals surface area contributed by atoms with E-state index in [-0.39, 0.29) is 5.69 Å². The fourth-order valence-electron chi connectivity index (χ4n) is 1.36. The molecule has 0 aliphatic rings. The number of hydrogen-bond donors (Lipinski definition) is 1. The number of rotatable bonds is 5. The van der Waals surface area contributed by atoms with Crippen molar-refractivity contribution in [3.8, 4) is 0 Å². The van der Waals surface area contributed by atoms with Crippen molar-refractivity contribution in [3.63, 3.8) is 0 Å². The molecule has 2 rings (SSSR count). The van der Waals surface area contributed by atoms with E-state index in [2.05, 4.69) is 22.2 Å². The van der Waals surface area contributed by atoms with Crippen molar-refractivity contribution in [3.05, 3.63) is 44.5 Å². The first-order valence-electron chi connectivity index (χ1n) is 5.47. The van der Waals surface area contributed by atoms with Crippen LogP contribution in [-0.2, 0) is 13.0 Å². The summed E-state index contributed by atoms with van der Waals surface area (Å²) in [4.78, 5) is 19.5. The van der Waals surface area contributed by atoms with Crippen LogP contribution in [0.2, 0.25) is 0 Å². The molecule has 6 nitrogen and oxygen atoms in total. The quantitative estimate of drug-likeness (QED) is 0.663. The van der Waals surface area contributed by atoms with Gasteiger partial charge in [0.1, 0.15) is 17.0 Å². The number of thiazole rings is 1. The van der Waals surface area contributed by atoms with Crippen LogP contribution in [0, 0.1) is 10.1 Å². The molecule has 2 heterocycles. The second kappa shape index (κ2) is 5.54. The third kappa shape index (κ3) is 3.01. The van der Waals surface area contributed by atoms with Crippen LogP contribution in [0.4, 0.5) is 11.5 Å². The van der Waals surface area contributed by atoms with Gasteiger partial charge in [-0.25, -0.2) is 9.97 Å². The molecule has 0 spiro atoms. The van der Waals surface area contributed by atoms with Gasteiger partial charge >= 0.3 is 0 Å². The highest BCUT2D eigenvalue weighted by Gasteiger charge is 2.05. The first-order valence-corrected chi connectivity index (χ1v) is 6.28. The van der Waals surface area contributed by atoms with Crippen LogP contribution in [0.1, 0.15) is 16.8 Å². The van der Waals surface area contributed by atoms with E-state index in [1.165, 1.54) is 17.1 Å². The summed E-state index contributed by atoms with van der Waals surface area (Å²) in [5.41, 5.74) is -0.0110. The maximum atomic E-state index is 10.5. The van der Waals surface area contributed by atoms with Crippen LogP contribution in [0.3, 0.4) is 0 Å². The largest absolute Gasteiger partial charge is 0.364 e. The van der Waals surface area contributed by atoms with Gasteiger partial charge in [-0.1, -0.05) is 6.92 Å². The Balaban J connectivity index is 1.95. The monoisotopic (exact) mass is 264 g/mol. The molecule has 0 atom stereocenters. The van der Waals surface area contributed by atoms with Crippen molar-refractivity contribution in [2.45, 2.75) is 19.9 Å². The predicted molar refractivity (Wildman–Crippen MR) is 69.7 cm³/mol. The maximum absolute atomic E-state index is 10.5. The lowest BCUT2D eigenvalue weighted by molar-refractivity contribution is -0.385. The van der Waals surface area contributed by atoms with Gasteiger partial charge in [-0.2, -0.15) is 0 Å². The molecule has 0 radical (unpaired) electrons. The Morgan fingerprint density at radius 3 is 2.78 bits per heavy atom. The zero-order valence-corrected chi connectivity index (χ0v) is 10.6. The fourth-order valence-corrected chi connectivity index (χ4v) is 2.16. The highest BCUT2D eigenvalue weighted by atomic mass is 32.1. The zero-order chi connectivity index (χ0) is 13.0. The molecule has 0 fully saturated rings. The molecule has 2 aromatic heterocycles. The zero-order valence-electron chi connectivity index (χ0n) is 9.79. The summed E-state index contributed by atoms with van der Waals surface area (Å²) in [6.07, 6.45) is 4.08. The Kier molecular flexibility index (Phi) is 3.83. The van der Waals surface area contributed by atoms with Crippen LogP contribution in [0.25, 0.3) is 0 Å². The van der Waals surface area contributed by atoms with Gasteiger partial charge in [0.25, 0.3) is 5.69 Å². The topological polar surface area (TPSA) is 81.0 Å². The summed E-state index contributed by atoms with van der Waals surface area (Å²) in [6.45, 7) is 2.66. The summed E-state index contributed by atoms with van der Waals surface area (Å²) >= 11 is 1.65. The second-order valence-corrected chi connectivity index (χ2v) is 4.79. The van der Waals surface area contributed by atoms with Gasteiger partial charge < -0.3 is 5.32 Å². The molecule has 18 heavy (non-hydrogen) atoms. The SMILES string of the molecule is CCc1cnc(CNc2ccc([N+](=O)[O-])cn2)s1. The summed E-state index contributed by atoms with van der Waals surface area (Å²) in [5, 5.41) is 14.5. The van der Waals surface area contributed by atoms with Gasteiger partial charge in [-0.05, 0) is 12.5 Å². The summed E-state index contributed by atoms with van der Waals surface area (Å²) in [6, 6.07) is 3.02. The normalized spacial score (nSPS) is 10.3. The van der Waals surface area contributed by atoms with Crippen LogP contribution < -0.4 is 5.32 Å². The molecule has 0 saturated carbocycles. The molecule has 2 aromatic rings. The highest BCUT2D eigenvalue weighted by Crippen LogP contribution is 2.16. The number of pyridine rings is 1. The lowest BCUT2D eigenvalue weighted by Crippen LogP contribution is -2.01. The number of nitrogens with zero attached hydrogens (tertiary/aromatic N) is 3. The number of aryl methyl sites for hydroxylation is 1. The molecule has 0 aromatic carbocycles.